The number of nitrogens with zero attached hydrogens (tertiary/aromatic N) is 3. The van der Waals surface area contributed by atoms with Gasteiger partial charge in [-0.15, -0.1) is 24.0 Å². The summed E-state index contributed by atoms with van der Waals surface area (Å²) in [5.74, 6) is 0.551. The topological polar surface area (TPSA) is 68.2 Å². The predicted octanol–water partition coefficient (Wildman–Crippen LogP) is 4.23. The lowest BCUT2D eigenvalue weighted by molar-refractivity contribution is 0.530. The largest absolute Gasteiger partial charge is 0.370 e. The number of guanidine groups is 1. The minimum absolute atomic E-state index is 0. The van der Waals surface area contributed by atoms with Crippen molar-refractivity contribution >= 4 is 29.9 Å². The lowest BCUT2D eigenvalue weighted by atomic mass is 10.1. The molecule has 1 aromatic carbocycles. The van der Waals surface area contributed by atoms with E-state index in [2.05, 4.69) is 40.5 Å². The molecule has 3 N–H and O–H groups in total. The van der Waals surface area contributed by atoms with Gasteiger partial charge in [-0.3, -0.25) is 0 Å². The highest BCUT2D eigenvalue weighted by Gasteiger charge is 2.13. The zero-order valence-electron chi connectivity index (χ0n) is 15.7. The van der Waals surface area contributed by atoms with E-state index in [0.29, 0.717) is 18.5 Å². The Hall–Kier alpha value is -1.57. The van der Waals surface area contributed by atoms with Crippen molar-refractivity contribution in [1.29, 1.82) is 0 Å². The molecule has 1 heterocycles. The molecule has 0 saturated heterocycles. The zero-order valence-corrected chi connectivity index (χ0v) is 18.1. The molecule has 0 aliphatic heterocycles. The number of hydrogen-bond donors (Lipinski definition) is 2. The molecule has 1 aliphatic carbocycles. The van der Waals surface area contributed by atoms with Gasteiger partial charge in [-0.2, -0.15) is 5.10 Å². The molecule has 0 radical (unpaired) electrons. The SMILES string of the molecule is Cc1cc(C)n(-c2ccccc2CN=C(N)NC2CCCCCC2)n1.I. The van der Waals surface area contributed by atoms with Gasteiger partial charge in [-0.05, 0) is 44.4 Å². The van der Waals surface area contributed by atoms with Gasteiger partial charge in [0.25, 0.3) is 0 Å². The third-order valence-corrected chi connectivity index (χ3v) is 4.86. The van der Waals surface area contributed by atoms with Crippen LogP contribution >= 0.6 is 24.0 Å². The van der Waals surface area contributed by atoms with E-state index in [-0.39, 0.29) is 24.0 Å². The van der Waals surface area contributed by atoms with E-state index in [9.17, 15) is 0 Å². The quantitative estimate of drug-likeness (QED) is 0.306. The Kier molecular flexibility index (Phi) is 7.93. The molecule has 3 rings (SSSR count). The summed E-state index contributed by atoms with van der Waals surface area (Å²) in [4.78, 5) is 4.58. The van der Waals surface area contributed by atoms with Gasteiger partial charge in [0.05, 0.1) is 17.9 Å². The molecule has 0 atom stereocenters. The van der Waals surface area contributed by atoms with Crippen molar-refractivity contribution in [2.75, 3.05) is 0 Å². The van der Waals surface area contributed by atoms with E-state index in [1.807, 2.05) is 23.7 Å². The smallest absolute Gasteiger partial charge is 0.189 e. The van der Waals surface area contributed by atoms with Crippen molar-refractivity contribution < 1.29 is 0 Å². The highest BCUT2D eigenvalue weighted by Crippen LogP contribution is 2.19. The van der Waals surface area contributed by atoms with Crippen LogP contribution in [-0.4, -0.2) is 21.8 Å². The molecule has 6 heteroatoms. The van der Waals surface area contributed by atoms with E-state index in [4.69, 9.17) is 5.73 Å². The zero-order chi connectivity index (χ0) is 17.6. The molecule has 1 aromatic heterocycles. The number of nitrogens with two attached hydrogens (primary N) is 1. The van der Waals surface area contributed by atoms with Crippen molar-refractivity contribution in [2.45, 2.75) is 65.0 Å². The molecular formula is C20H30IN5. The summed E-state index contributed by atoms with van der Waals surface area (Å²) in [5.41, 5.74) is 10.5. The second-order valence-electron chi connectivity index (χ2n) is 7.00. The summed E-state index contributed by atoms with van der Waals surface area (Å²) >= 11 is 0. The van der Waals surface area contributed by atoms with Crippen LogP contribution in [0.3, 0.4) is 0 Å². The first kappa shape index (κ1) is 20.7. The van der Waals surface area contributed by atoms with E-state index in [0.717, 1.165) is 22.6 Å². The highest BCUT2D eigenvalue weighted by atomic mass is 127. The third kappa shape index (κ3) is 5.46. The molecule has 0 bridgehead atoms. The fourth-order valence-electron chi connectivity index (χ4n) is 3.57. The lowest BCUT2D eigenvalue weighted by Crippen LogP contribution is -2.39. The molecule has 5 nitrogen and oxygen atoms in total. The molecular weight excluding hydrogens is 437 g/mol. The van der Waals surface area contributed by atoms with Crippen LogP contribution in [0.4, 0.5) is 0 Å². The Morgan fingerprint density at radius 2 is 1.88 bits per heavy atom. The summed E-state index contributed by atoms with van der Waals surface area (Å²) in [7, 11) is 0. The first-order valence-electron chi connectivity index (χ1n) is 9.31. The van der Waals surface area contributed by atoms with Crippen LogP contribution in [-0.2, 0) is 6.54 Å². The molecule has 0 amide bonds. The minimum atomic E-state index is 0. The number of nitrogens with one attached hydrogen (secondary N) is 1. The van der Waals surface area contributed by atoms with Gasteiger partial charge >= 0.3 is 0 Å². The number of halogens is 1. The Labute approximate surface area is 173 Å². The van der Waals surface area contributed by atoms with Gasteiger partial charge in [0.2, 0.25) is 0 Å². The number of benzene rings is 1. The number of aryl methyl sites for hydroxylation is 2. The first-order chi connectivity index (χ1) is 12.1. The molecule has 1 fully saturated rings. The molecule has 2 aromatic rings. The van der Waals surface area contributed by atoms with Crippen molar-refractivity contribution in [2.24, 2.45) is 10.7 Å². The van der Waals surface area contributed by atoms with Crippen LogP contribution in [0.1, 0.15) is 55.5 Å². The molecule has 26 heavy (non-hydrogen) atoms. The van der Waals surface area contributed by atoms with Crippen molar-refractivity contribution in [1.82, 2.24) is 15.1 Å². The normalized spacial score (nSPS) is 16.0. The van der Waals surface area contributed by atoms with E-state index in [1.54, 1.807) is 0 Å². The number of para-hydroxylation sites is 1. The van der Waals surface area contributed by atoms with Crippen molar-refractivity contribution in [3.8, 4) is 5.69 Å². The van der Waals surface area contributed by atoms with Gasteiger partial charge in [-0.25, -0.2) is 9.67 Å². The fraction of sp³-hybridized carbons (Fsp3) is 0.500. The summed E-state index contributed by atoms with van der Waals surface area (Å²) in [6.45, 7) is 4.64. The second kappa shape index (κ2) is 9.94. The fourth-order valence-corrected chi connectivity index (χ4v) is 3.57. The van der Waals surface area contributed by atoms with Crippen LogP contribution in [0.5, 0.6) is 0 Å². The van der Waals surface area contributed by atoms with Gasteiger partial charge in [0, 0.05) is 11.7 Å². The lowest BCUT2D eigenvalue weighted by Gasteiger charge is -2.17. The Morgan fingerprint density at radius 3 is 2.54 bits per heavy atom. The van der Waals surface area contributed by atoms with Crippen LogP contribution in [0.25, 0.3) is 5.69 Å². The third-order valence-electron chi connectivity index (χ3n) is 4.86. The number of rotatable bonds is 4. The maximum Gasteiger partial charge on any atom is 0.189 e. The van der Waals surface area contributed by atoms with Gasteiger partial charge in [0.1, 0.15) is 0 Å². The summed E-state index contributed by atoms with van der Waals surface area (Å²) in [5, 5.41) is 8.00. The average Bonchev–Trinajstić information content (AvgIpc) is 2.78. The van der Waals surface area contributed by atoms with E-state index < -0.39 is 0 Å². The Bertz CT molecular complexity index is 730. The highest BCUT2D eigenvalue weighted by molar-refractivity contribution is 14.0. The van der Waals surface area contributed by atoms with Crippen LogP contribution in [0, 0.1) is 13.8 Å². The monoisotopic (exact) mass is 467 g/mol. The average molecular weight is 467 g/mol. The Balaban J connectivity index is 0.00000243. The van der Waals surface area contributed by atoms with Crippen LogP contribution in [0.15, 0.2) is 35.3 Å². The van der Waals surface area contributed by atoms with E-state index >= 15 is 0 Å². The molecule has 1 saturated carbocycles. The molecule has 142 valence electrons. The van der Waals surface area contributed by atoms with Crippen molar-refractivity contribution in [3.63, 3.8) is 0 Å². The number of aliphatic imine (C=N–C) groups is 1. The predicted molar refractivity (Wildman–Crippen MR) is 118 cm³/mol. The summed E-state index contributed by atoms with van der Waals surface area (Å²) in [6, 6.07) is 10.8. The van der Waals surface area contributed by atoms with E-state index in [1.165, 1.54) is 38.5 Å². The van der Waals surface area contributed by atoms with Gasteiger partial charge < -0.3 is 11.1 Å². The standard InChI is InChI=1S/C20H29N5.HI/c1-15-13-16(2)25(24-15)19-12-8-7-9-17(19)14-22-20(21)23-18-10-5-3-4-6-11-18;/h7-9,12-13,18H,3-6,10-11,14H2,1-2H3,(H3,21,22,23);1H. The minimum Gasteiger partial charge on any atom is -0.370 e. The molecule has 0 spiro atoms. The summed E-state index contributed by atoms with van der Waals surface area (Å²) in [6.07, 6.45) is 7.63. The second-order valence-corrected chi connectivity index (χ2v) is 7.00. The van der Waals surface area contributed by atoms with Crippen LogP contribution < -0.4 is 11.1 Å². The Morgan fingerprint density at radius 1 is 1.19 bits per heavy atom. The van der Waals surface area contributed by atoms with Gasteiger partial charge in [0.15, 0.2) is 5.96 Å². The number of hydrogen-bond acceptors (Lipinski definition) is 2. The van der Waals surface area contributed by atoms with Crippen molar-refractivity contribution in [3.05, 3.63) is 47.3 Å². The maximum atomic E-state index is 6.14. The van der Waals surface area contributed by atoms with Gasteiger partial charge in [-0.1, -0.05) is 43.9 Å². The first-order valence-corrected chi connectivity index (χ1v) is 9.31. The number of aromatic nitrogens is 2. The maximum absolute atomic E-state index is 6.14. The molecule has 1 aliphatic rings. The van der Waals surface area contributed by atoms with Crippen LogP contribution in [0.2, 0.25) is 0 Å². The summed E-state index contributed by atoms with van der Waals surface area (Å²) < 4.78 is 1.98. The molecule has 0 unspecified atom stereocenters.